The molecule has 0 aliphatic carbocycles. The summed E-state index contributed by atoms with van der Waals surface area (Å²) in [5.41, 5.74) is 21.5. The van der Waals surface area contributed by atoms with E-state index in [2.05, 4.69) is 56.9 Å². The van der Waals surface area contributed by atoms with Crippen LogP contribution in [0.15, 0.2) is 96.2 Å². The summed E-state index contributed by atoms with van der Waals surface area (Å²) in [6.45, 7) is 6.62. The van der Waals surface area contributed by atoms with Gasteiger partial charge in [0.1, 0.15) is 29.8 Å². The van der Waals surface area contributed by atoms with Gasteiger partial charge in [-0.2, -0.15) is 0 Å². The van der Waals surface area contributed by atoms with Gasteiger partial charge in [-0.3, -0.25) is 14.5 Å². The highest BCUT2D eigenvalue weighted by molar-refractivity contribution is 5.80. The first-order valence-electron chi connectivity index (χ1n) is 19.6. The van der Waals surface area contributed by atoms with Gasteiger partial charge in [0.25, 0.3) is 0 Å². The van der Waals surface area contributed by atoms with Crippen molar-refractivity contribution in [2.75, 3.05) is 19.7 Å². The van der Waals surface area contributed by atoms with Crippen molar-refractivity contribution in [3.8, 4) is 22.6 Å². The predicted octanol–water partition coefficient (Wildman–Crippen LogP) is 5.23. The number of hydrogen-bond donors (Lipinski definition) is 4. The molecule has 0 radical (unpaired) electrons. The lowest BCUT2D eigenvalue weighted by molar-refractivity contribution is -0.125. The molecule has 0 unspecified atom stereocenters. The van der Waals surface area contributed by atoms with E-state index in [1.807, 2.05) is 79.1 Å². The average Bonchev–Trinajstić information content (AvgIpc) is 3.86. The molecule has 2 heterocycles. The molecule has 14 heteroatoms. The van der Waals surface area contributed by atoms with Gasteiger partial charge in [0.2, 0.25) is 5.91 Å². The zero-order valence-electron chi connectivity index (χ0n) is 32.7. The van der Waals surface area contributed by atoms with Gasteiger partial charge in [0, 0.05) is 29.9 Å². The molecular weight excluding hydrogens is 707 g/mol. The molecule has 5 aromatic rings. The molecule has 0 spiro atoms. The number of carbonyl (C=O) groups excluding carboxylic acids is 1. The van der Waals surface area contributed by atoms with Crippen molar-refractivity contribution >= 4 is 11.9 Å². The van der Waals surface area contributed by atoms with Crippen LogP contribution in [0.1, 0.15) is 75.4 Å². The monoisotopic (exact) mass is 763 g/mol. The third-order valence-corrected chi connectivity index (χ3v) is 9.36. The summed E-state index contributed by atoms with van der Waals surface area (Å²) in [7, 11) is 0. The smallest absolute Gasteiger partial charge is 0.245 e. The molecule has 0 aliphatic rings. The lowest BCUT2D eigenvalue weighted by Crippen LogP contribution is -2.42. The van der Waals surface area contributed by atoms with Crippen molar-refractivity contribution in [1.29, 1.82) is 0 Å². The minimum Gasteiger partial charge on any atom is -0.493 e. The van der Waals surface area contributed by atoms with E-state index < -0.39 is 6.04 Å². The predicted molar refractivity (Wildman–Crippen MR) is 219 cm³/mol. The average molecular weight is 764 g/mol. The summed E-state index contributed by atoms with van der Waals surface area (Å²) in [5.74, 6) is 1.94. The van der Waals surface area contributed by atoms with E-state index in [0.29, 0.717) is 63.5 Å². The quantitative estimate of drug-likeness (QED) is 0.0366. The van der Waals surface area contributed by atoms with Gasteiger partial charge in [0.15, 0.2) is 5.96 Å². The minimum atomic E-state index is -0.607. The number of amides is 1. The molecule has 14 nitrogen and oxygen atoms in total. The second-order valence-corrected chi connectivity index (χ2v) is 14.4. The number of ether oxygens (including phenoxy) is 2. The highest BCUT2D eigenvalue weighted by Gasteiger charge is 2.25. The number of nitrogens with zero attached hydrogens (tertiary/aromatic N) is 7. The molecule has 1 amide bonds. The number of unbranched alkanes of at least 4 members (excludes halogenated alkanes) is 1. The van der Waals surface area contributed by atoms with Crippen LogP contribution in [0.5, 0.6) is 11.5 Å². The van der Waals surface area contributed by atoms with E-state index in [1.54, 1.807) is 9.36 Å². The maximum atomic E-state index is 14.0. The van der Waals surface area contributed by atoms with Gasteiger partial charge < -0.3 is 32.0 Å². The maximum Gasteiger partial charge on any atom is 0.245 e. The topological polar surface area (TPSA) is 199 Å². The summed E-state index contributed by atoms with van der Waals surface area (Å²) >= 11 is 0. The molecule has 5 rings (SSSR count). The normalized spacial score (nSPS) is 12.3. The van der Waals surface area contributed by atoms with Crippen LogP contribution in [0, 0.1) is 5.92 Å². The molecule has 298 valence electrons. The molecule has 0 saturated carbocycles. The highest BCUT2D eigenvalue weighted by Crippen LogP contribution is 2.36. The number of rotatable bonds is 24. The third-order valence-electron chi connectivity index (χ3n) is 9.36. The van der Waals surface area contributed by atoms with Crippen molar-refractivity contribution in [3.05, 3.63) is 108 Å². The van der Waals surface area contributed by atoms with Gasteiger partial charge >= 0.3 is 0 Å². The van der Waals surface area contributed by atoms with E-state index in [0.717, 1.165) is 54.0 Å². The third kappa shape index (κ3) is 13.2. The Hall–Kier alpha value is -5.76. The number of aryl methyl sites for hydroxylation is 2. The maximum absolute atomic E-state index is 14.0. The van der Waals surface area contributed by atoms with Gasteiger partial charge in [-0.05, 0) is 75.1 Å². The molecule has 0 fully saturated rings. The van der Waals surface area contributed by atoms with Crippen LogP contribution in [-0.4, -0.2) is 67.6 Å². The van der Waals surface area contributed by atoms with Crippen molar-refractivity contribution in [2.45, 2.75) is 90.4 Å². The summed E-state index contributed by atoms with van der Waals surface area (Å²) < 4.78 is 15.9. The van der Waals surface area contributed by atoms with Crippen LogP contribution in [0.2, 0.25) is 0 Å². The van der Waals surface area contributed by atoms with Crippen molar-refractivity contribution < 1.29 is 14.3 Å². The number of aliphatic imine (C=N–C) groups is 1. The van der Waals surface area contributed by atoms with Crippen LogP contribution >= 0.6 is 0 Å². The molecule has 7 N–H and O–H groups in total. The molecule has 56 heavy (non-hydrogen) atoms. The Kier molecular flexibility index (Phi) is 16.2. The fourth-order valence-corrected chi connectivity index (χ4v) is 6.32. The highest BCUT2D eigenvalue weighted by atomic mass is 16.5. The number of guanidine groups is 1. The number of para-hydroxylation sites is 2. The summed E-state index contributed by atoms with van der Waals surface area (Å²) in [5, 5.41) is 20.9. The van der Waals surface area contributed by atoms with Crippen LogP contribution in [-0.2, 0) is 30.8 Å². The Balaban J connectivity index is 1.25. The second kappa shape index (κ2) is 22.0. The Bertz CT molecular complexity index is 1940. The number of benzene rings is 3. The first kappa shape index (κ1) is 41.4. The van der Waals surface area contributed by atoms with Gasteiger partial charge in [0.05, 0.1) is 25.0 Å². The van der Waals surface area contributed by atoms with E-state index in [9.17, 15) is 4.79 Å². The Morgan fingerprint density at radius 1 is 0.786 bits per heavy atom. The van der Waals surface area contributed by atoms with Crippen LogP contribution in [0.25, 0.3) is 11.1 Å². The fraction of sp³-hybridized carbons (Fsp3) is 0.429. The largest absolute Gasteiger partial charge is 0.493 e. The zero-order chi connectivity index (χ0) is 39.5. The van der Waals surface area contributed by atoms with Crippen molar-refractivity contribution in [1.82, 2.24) is 35.3 Å². The van der Waals surface area contributed by atoms with Gasteiger partial charge in [-0.15, -0.1) is 10.2 Å². The fourth-order valence-electron chi connectivity index (χ4n) is 6.32. The first-order valence-corrected chi connectivity index (χ1v) is 19.6. The molecule has 0 aliphatic heterocycles. The van der Waals surface area contributed by atoms with Gasteiger partial charge in [-0.25, -0.2) is 4.68 Å². The molecule has 0 saturated heterocycles. The summed E-state index contributed by atoms with van der Waals surface area (Å²) in [6, 6.07) is 25.3. The van der Waals surface area contributed by atoms with E-state index in [-0.39, 0.29) is 24.5 Å². The van der Waals surface area contributed by atoms with Gasteiger partial charge in [-0.1, -0.05) is 97.4 Å². The number of nitrogens with one attached hydrogen (secondary N) is 1. The number of carbonyl (C=O) groups is 1. The number of nitrogens with two attached hydrogens (primary N) is 3. The van der Waals surface area contributed by atoms with Crippen LogP contribution < -0.4 is 32.0 Å². The Morgan fingerprint density at radius 3 is 2.20 bits per heavy atom. The lowest BCUT2D eigenvalue weighted by Gasteiger charge is -2.23. The van der Waals surface area contributed by atoms with E-state index in [4.69, 9.17) is 26.7 Å². The second-order valence-electron chi connectivity index (χ2n) is 14.4. The Morgan fingerprint density at radius 2 is 1.48 bits per heavy atom. The molecule has 0 bridgehead atoms. The van der Waals surface area contributed by atoms with E-state index in [1.165, 1.54) is 5.56 Å². The van der Waals surface area contributed by atoms with Crippen molar-refractivity contribution in [3.63, 3.8) is 0 Å². The zero-order valence-corrected chi connectivity index (χ0v) is 32.7. The molecular formula is C42H57N11O3. The van der Waals surface area contributed by atoms with E-state index >= 15 is 0 Å². The summed E-state index contributed by atoms with van der Waals surface area (Å²) in [6.07, 6.45) is 9.66. The summed E-state index contributed by atoms with van der Waals surface area (Å²) in [4.78, 5) is 18.1. The Labute approximate surface area is 329 Å². The van der Waals surface area contributed by atoms with Crippen LogP contribution in [0.4, 0.5) is 0 Å². The molecule has 2 aromatic heterocycles. The lowest BCUT2D eigenvalue weighted by atomic mass is 10.0. The standard InChI is InChI=1S/C42H57N11O3/c1-31(2)23-26-55-39-19-8-6-16-36(39)37-17-7-9-20-40(37)56-30-35-28-52(50-49-35)27-33(15-10-11-24-43)47-41(54)38(18-12-25-46-42(44)45)53-29-34(48-51-53)22-21-32-13-4-3-5-14-32/h3-9,13-14,16-17,19-20,28-29,31,33,38H,10-12,15,18,21-27,30,43H2,1-2H3,(H,47,54)(H4,44,45,46)/t33-,38-/m1/s1. The SMILES string of the molecule is CC(C)CCOc1ccccc1-c1ccccc1OCc1cn(C[C@@H](CCCCN)NC(=O)[C@@H](CCCN=C(N)N)n2cc(CCc3ccccc3)nn2)nn1. The molecule has 3 aromatic carbocycles. The number of aromatic nitrogens is 6. The van der Waals surface area contributed by atoms with Crippen LogP contribution in [0.3, 0.4) is 0 Å². The first-order chi connectivity index (χ1) is 27.3. The van der Waals surface area contributed by atoms with Crippen molar-refractivity contribution in [2.24, 2.45) is 28.1 Å². The number of hydrogen-bond acceptors (Lipinski definition) is 9. The minimum absolute atomic E-state index is 0.0178. The molecule has 2 atom stereocenters.